The Bertz CT molecular complexity index is 746. The molecule has 0 unspecified atom stereocenters. The van der Waals surface area contributed by atoms with Crippen LogP contribution in [0.2, 0.25) is 0 Å². The van der Waals surface area contributed by atoms with Crippen LogP contribution >= 0.6 is 0 Å². The largest absolute Gasteiger partial charge is 0.469 e. The van der Waals surface area contributed by atoms with Crippen molar-refractivity contribution in [3.8, 4) is 11.5 Å². The van der Waals surface area contributed by atoms with Crippen molar-refractivity contribution in [3.63, 3.8) is 0 Å². The van der Waals surface area contributed by atoms with Crippen LogP contribution in [0.25, 0.3) is 0 Å². The Morgan fingerprint density at radius 2 is 0.781 bits per heavy atom. The number of rotatable bonds is 6. The molecule has 8 nitrogen and oxygen atoms in total. The van der Waals surface area contributed by atoms with Gasteiger partial charge >= 0.3 is 23.9 Å². The van der Waals surface area contributed by atoms with E-state index in [0.29, 0.717) is 62.9 Å². The number of carbonyl (C=O) groups is 4. The number of hydrogen-bond donors (Lipinski definition) is 0. The maximum atomic E-state index is 12.4. The third-order valence-electron chi connectivity index (χ3n) is 6.45. The van der Waals surface area contributed by atoms with E-state index in [0.717, 1.165) is 0 Å². The highest BCUT2D eigenvalue weighted by molar-refractivity contribution is 5.78. The van der Waals surface area contributed by atoms with Gasteiger partial charge in [0, 0.05) is 0 Å². The van der Waals surface area contributed by atoms with Crippen LogP contribution in [0, 0.1) is 23.7 Å². The number of esters is 4. The molecular weight excluding hydrogens is 416 g/mol. The van der Waals surface area contributed by atoms with Gasteiger partial charge in [0.2, 0.25) is 0 Å². The SMILES string of the molecule is COC(=O)C1CCC(C(=O)Oc2ccc(OC(=O)C3CCC(C(=O)OC)CC3)cc2)CC1. The first-order valence-corrected chi connectivity index (χ1v) is 11.1. The Balaban J connectivity index is 1.44. The van der Waals surface area contributed by atoms with Gasteiger partial charge in [0.15, 0.2) is 0 Å². The van der Waals surface area contributed by atoms with Crippen LogP contribution < -0.4 is 9.47 Å². The minimum atomic E-state index is -0.319. The molecule has 2 fully saturated rings. The Hall–Kier alpha value is -2.90. The third-order valence-corrected chi connectivity index (χ3v) is 6.45. The number of hydrogen-bond acceptors (Lipinski definition) is 8. The molecule has 32 heavy (non-hydrogen) atoms. The smallest absolute Gasteiger partial charge is 0.314 e. The highest BCUT2D eigenvalue weighted by atomic mass is 16.5. The van der Waals surface area contributed by atoms with Gasteiger partial charge in [0.25, 0.3) is 0 Å². The molecule has 0 bridgehead atoms. The van der Waals surface area contributed by atoms with Gasteiger partial charge in [-0.25, -0.2) is 0 Å². The summed E-state index contributed by atoms with van der Waals surface area (Å²) in [6.07, 6.45) is 4.82. The molecule has 3 rings (SSSR count). The van der Waals surface area contributed by atoms with Gasteiger partial charge in [-0.15, -0.1) is 0 Å². The molecule has 0 aromatic heterocycles. The predicted molar refractivity (Wildman–Crippen MR) is 113 cm³/mol. The van der Waals surface area contributed by atoms with Crippen molar-refractivity contribution in [2.45, 2.75) is 51.4 Å². The summed E-state index contributed by atoms with van der Waals surface area (Å²) in [6, 6.07) is 6.37. The first-order chi connectivity index (χ1) is 15.4. The Morgan fingerprint density at radius 3 is 1.03 bits per heavy atom. The lowest BCUT2D eigenvalue weighted by Crippen LogP contribution is -2.29. The topological polar surface area (TPSA) is 105 Å². The Labute approximate surface area is 187 Å². The van der Waals surface area contributed by atoms with Crippen molar-refractivity contribution >= 4 is 23.9 Å². The summed E-state index contributed by atoms with van der Waals surface area (Å²) >= 11 is 0. The number of ether oxygens (including phenoxy) is 4. The lowest BCUT2D eigenvalue weighted by Gasteiger charge is -2.25. The average Bonchev–Trinajstić information content (AvgIpc) is 2.84. The number of carbonyl (C=O) groups excluding carboxylic acids is 4. The van der Waals surface area contributed by atoms with Crippen LogP contribution in [0.4, 0.5) is 0 Å². The monoisotopic (exact) mass is 446 g/mol. The molecule has 2 aliphatic carbocycles. The van der Waals surface area contributed by atoms with Gasteiger partial charge in [-0.05, 0) is 75.6 Å². The molecule has 0 saturated heterocycles. The lowest BCUT2D eigenvalue weighted by atomic mass is 9.82. The molecule has 1 aromatic rings. The highest BCUT2D eigenvalue weighted by Gasteiger charge is 2.32. The van der Waals surface area contributed by atoms with Gasteiger partial charge in [0.1, 0.15) is 11.5 Å². The van der Waals surface area contributed by atoms with E-state index in [1.165, 1.54) is 14.2 Å². The van der Waals surface area contributed by atoms with Crippen LogP contribution in [-0.2, 0) is 28.7 Å². The van der Waals surface area contributed by atoms with Gasteiger partial charge < -0.3 is 18.9 Å². The molecule has 8 heteroatoms. The van der Waals surface area contributed by atoms with Gasteiger partial charge in [-0.3, -0.25) is 19.2 Å². The number of benzene rings is 1. The lowest BCUT2D eigenvalue weighted by molar-refractivity contribution is -0.149. The molecule has 0 heterocycles. The fourth-order valence-electron chi connectivity index (χ4n) is 4.44. The zero-order valence-corrected chi connectivity index (χ0v) is 18.5. The van der Waals surface area contributed by atoms with Crippen LogP contribution in [0.15, 0.2) is 24.3 Å². The maximum absolute atomic E-state index is 12.4. The van der Waals surface area contributed by atoms with Crippen LogP contribution in [-0.4, -0.2) is 38.1 Å². The third kappa shape index (κ3) is 6.08. The van der Waals surface area contributed by atoms with Crippen molar-refractivity contribution in [1.29, 1.82) is 0 Å². The van der Waals surface area contributed by atoms with E-state index in [4.69, 9.17) is 18.9 Å². The molecule has 0 spiro atoms. The van der Waals surface area contributed by atoms with Crippen molar-refractivity contribution in [3.05, 3.63) is 24.3 Å². The zero-order valence-electron chi connectivity index (χ0n) is 18.5. The van der Waals surface area contributed by atoms with Crippen molar-refractivity contribution in [2.24, 2.45) is 23.7 Å². The summed E-state index contributed by atoms with van der Waals surface area (Å²) in [5, 5.41) is 0. The van der Waals surface area contributed by atoms with Crippen molar-refractivity contribution in [1.82, 2.24) is 0 Å². The van der Waals surface area contributed by atoms with E-state index >= 15 is 0 Å². The number of methoxy groups -OCH3 is 2. The predicted octanol–water partition coefficient (Wildman–Crippen LogP) is 3.46. The molecule has 2 aliphatic rings. The molecule has 0 aliphatic heterocycles. The van der Waals surface area contributed by atoms with Gasteiger partial charge in [-0.1, -0.05) is 0 Å². The maximum Gasteiger partial charge on any atom is 0.314 e. The standard InChI is InChI=1S/C24H30O8/c1-29-21(25)15-3-7-17(8-4-15)23(27)31-19-11-13-20(14-12-19)32-24(28)18-9-5-16(6-10-18)22(26)30-2/h11-18H,3-10H2,1-2H3. The molecular formula is C24H30O8. The van der Waals surface area contributed by atoms with Crippen LogP contribution in [0.3, 0.4) is 0 Å². The Morgan fingerprint density at radius 1 is 0.531 bits per heavy atom. The normalized spacial score (nSPS) is 25.3. The van der Waals surface area contributed by atoms with Crippen molar-refractivity contribution in [2.75, 3.05) is 14.2 Å². The first-order valence-electron chi connectivity index (χ1n) is 11.1. The zero-order chi connectivity index (χ0) is 23.1. The van der Waals surface area contributed by atoms with E-state index in [9.17, 15) is 19.2 Å². The minimum absolute atomic E-state index is 0.145. The molecule has 1 aromatic carbocycles. The fraction of sp³-hybridized carbons (Fsp3) is 0.583. The summed E-state index contributed by atoms with van der Waals surface area (Å²) in [7, 11) is 2.75. The molecule has 0 atom stereocenters. The highest BCUT2D eigenvalue weighted by Crippen LogP contribution is 2.32. The summed E-state index contributed by atoms with van der Waals surface area (Å²) in [5.74, 6) is -1.10. The fourth-order valence-corrected chi connectivity index (χ4v) is 4.44. The second-order valence-electron chi connectivity index (χ2n) is 8.46. The summed E-state index contributed by atoms with van der Waals surface area (Å²) < 4.78 is 20.5. The second kappa shape index (κ2) is 11.1. The molecule has 174 valence electrons. The average molecular weight is 446 g/mol. The second-order valence-corrected chi connectivity index (χ2v) is 8.46. The Kier molecular flexibility index (Phi) is 8.25. The van der Waals surface area contributed by atoms with Crippen LogP contribution in [0.1, 0.15) is 51.4 Å². The summed E-state index contributed by atoms with van der Waals surface area (Å²) in [4.78, 5) is 48.1. The first kappa shape index (κ1) is 23.8. The summed E-state index contributed by atoms with van der Waals surface area (Å²) in [6.45, 7) is 0. The van der Waals surface area contributed by atoms with Gasteiger partial charge in [0.05, 0.1) is 37.9 Å². The van der Waals surface area contributed by atoms with E-state index in [1.54, 1.807) is 24.3 Å². The summed E-state index contributed by atoms with van der Waals surface area (Å²) in [5.41, 5.74) is 0. The van der Waals surface area contributed by atoms with E-state index in [-0.39, 0.29) is 47.5 Å². The molecule has 2 saturated carbocycles. The van der Waals surface area contributed by atoms with E-state index < -0.39 is 0 Å². The quantitative estimate of drug-likeness (QED) is 0.483. The van der Waals surface area contributed by atoms with E-state index in [2.05, 4.69) is 0 Å². The van der Waals surface area contributed by atoms with Gasteiger partial charge in [-0.2, -0.15) is 0 Å². The molecule has 0 amide bonds. The van der Waals surface area contributed by atoms with Crippen LogP contribution in [0.5, 0.6) is 11.5 Å². The molecule has 0 N–H and O–H groups in total. The van der Waals surface area contributed by atoms with E-state index in [1.807, 2.05) is 0 Å². The van der Waals surface area contributed by atoms with Crippen molar-refractivity contribution < 1.29 is 38.1 Å². The minimum Gasteiger partial charge on any atom is -0.469 e. The molecule has 0 radical (unpaired) electrons.